The summed E-state index contributed by atoms with van der Waals surface area (Å²) in [6, 6.07) is 17.9. The van der Waals surface area contributed by atoms with Crippen LogP contribution in [-0.4, -0.2) is 17.1 Å². The van der Waals surface area contributed by atoms with E-state index in [-0.39, 0.29) is 5.95 Å². The molecule has 0 aliphatic heterocycles. The lowest BCUT2D eigenvalue weighted by Gasteiger charge is -2.08. The van der Waals surface area contributed by atoms with E-state index in [1.54, 1.807) is 7.11 Å². The fourth-order valence-electron chi connectivity index (χ4n) is 2.27. The Morgan fingerprint density at radius 1 is 0.864 bits per heavy atom. The molecule has 0 atom stereocenters. The standard InChI is InChI=1S/C18H17N3O/c1-12-6-8-13(9-7-12)16-11-17(21-18(19)20-16)14-4-3-5-15(10-14)22-2/h3-11H,1-2H3,(H2,19,20,21). The molecular formula is C18H17N3O. The number of benzene rings is 2. The summed E-state index contributed by atoms with van der Waals surface area (Å²) in [5.74, 6) is 1.04. The van der Waals surface area contributed by atoms with E-state index in [9.17, 15) is 0 Å². The van der Waals surface area contributed by atoms with Gasteiger partial charge < -0.3 is 10.5 Å². The largest absolute Gasteiger partial charge is 0.497 e. The Balaban J connectivity index is 2.08. The highest BCUT2D eigenvalue weighted by atomic mass is 16.5. The van der Waals surface area contributed by atoms with Gasteiger partial charge in [-0.1, -0.05) is 42.0 Å². The Hall–Kier alpha value is -2.88. The summed E-state index contributed by atoms with van der Waals surface area (Å²) >= 11 is 0. The summed E-state index contributed by atoms with van der Waals surface area (Å²) in [6.45, 7) is 2.06. The first kappa shape index (κ1) is 14.1. The second-order valence-electron chi connectivity index (χ2n) is 5.09. The summed E-state index contributed by atoms with van der Waals surface area (Å²) in [6.07, 6.45) is 0. The fourth-order valence-corrected chi connectivity index (χ4v) is 2.27. The van der Waals surface area contributed by atoms with E-state index in [0.29, 0.717) is 0 Å². The maximum atomic E-state index is 5.88. The van der Waals surface area contributed by atoms with Crippen LogP contribution in [0.3, 0.4) is 0 Å². The average molecular weight is 291 g/mol. The topological polar surface area (TPSA) is 61.0 Å². The predicted molar refractivity (Wildman–Crippen MR) is 88.6 cm³/mol. The quantitative estimate of drug-likeness (QED) is 0.799. The summed E-state index contributed by atoms with van der Waals surface area (Å²) in [5.41, 5.74) is 10.6. The van der Waals surface area contributed by atoms with Crippen molar-refractivity contribution in [3.63, 3.8) is 0 Å². The van der Waals surface area contributed by atoms with Crippen LogP contribution < -0.4 is 10.5 Å². The average Bonchev–Trinajstić information content (AvgIpc) is 2.55. The van der Waals surface area contributed by atoms with Crippen LogP contribution in [0, 0.1) is 6.92 Å². The number of ether oxygens (including phenoxy) is 1. The number of hydrogen-bond acceptors (Lipinski definition) is 4. The van der Waals surface area contributed by atoms with Crippen LogP contribution >= 0.6 is 0 Å². The first-order valence-electron chi connectivity index (χ1n) is 7.02. The molecule has 22 heavy (non-hydrogen) atoms. The van der Waals surface area contributed by atoms with Crippen LogP contribution in [0.5, 0.6) is 5.75 Å². The number of hydrogen-bond donors (Lipinski definition) is 1. The van der Waals surface area contributed by atoms with E-state index >= 15 is 0 Å². The van der Waals surface area contributed by atoms with Gasteiger partial charge in [0.15, 0.2) is 0 Å². The monoisotopic (exact) mass is 291 g/mol. The molecule has 0 bridgehead atoms. The number of aryl methyl sites for hydroxylation is 1. The third-order valence-electron chi connectivity index (χ3n) is 3.46. The number of rotatable bonds is 3. The minimum atomic E-state index is 0.260. The fraction of sp³-hybridized carbons (Fsp3) is 0.111. The molecule has 2 aromatic carbocycles. The van der Waals surface area contributed by atoms with Gasteiger partial charge in [0.25, 0.3) is 0 Å². The van der Waals surface area contributed by atoms with Gasteiger partial charge in [-0.2, -0.15) is 0 Å². The highest BCUT2D eigenvalue weighted by Crippen LogP contribution is 2.26. The van der Waals surface area contributed by atoms with Crippen LogP contribution in [0.15, 0.2) is 54.6 Å². The van der Waals surface area contributed by atoms with Crippen molar-refractivity contribution in [2.45, 2.75) is 6.92 Å². The molecule has 4 heteroatoms. The molecule has 0 saturated carbocycles. The maximum Gasteiger partial charge on any atom is 0.221 e. The zero-order chi connectivity index (χ0) is 15.5. The van der Waals surface area contributed by atoms with Crippen molar-refractivity contribution >= 4 is 5.95 Å². The Morgan fingerprint density at radius 2 is 1.55 bits per heavy atom. The minimum Gasteiger partial charge on any atom is -0.497 e. The van der Waals surface area contributed by atoms with Crippen molar-refractivity contribution < 1.29 is 4.74 Å². The lowest BCUT2D eigenvalue weighted by molar-refractivity contribution is 0.415. The molecule has 0 spiro atoms. The van der Waals surface area contributed by atoms with Crippen LogP contribution in [0.1, 0.15) is 5.56 Å². The maximum absolute atomic E-state index is 5.88. The van der Waals surface area contributed by atoms with Gasteiger partial charge in [-0.25, -0.2) is 9.97 Å². The Bertz CT molecular complexity index is 798. The number of anilines is 1. The van der Waals surface area contributed by atoms with Crippen LogP contribution in [0.25, 0.3) is 22.5 Å². The molecule has 0 aliphatic carbocycles. The SMILES string of the molecule is COc1cccc(-c2cc(-c3ccc(C)cc3)nc(N)n2)c1. The molecule has 110 valence electrons. The van der Waals surface area contributed by atoms with E-state index in [1.807, 2.05) is 42.5 Å². The second-order valence-corrected chi connectivity index (χ2v) is 5.09. The smallest absolute Gasteiger partial charge is 0.221 e. The lowest BCUT2D eigenvalue weighted by Crippen LogP contribution is -1.98. The zero-order valence-electron chi connectivity index (χ0n) is 12.6. The highest BCUT2D eigenvalue weighted by Gasteiger charge is 2.07. The van der Waals surface area contributed by atoms with Gasteiger partial charge in [0.1, 0.15) is 5.75 Å². The molecule has 0 fully saturated rings. The molecule has 0 aliphatic rings. The molecule has 2 N–H and O–H groups in total. The lowest BCUT2D eigenvalue weighted by atomic mass is 10.1. The van der Waals surface area contributed by atoms with Crippen LogP contribution in [0.2, 0.25) is 0 Å². The zero-order valence-corrected chi connectivity index (χ0v) is 12.6. The van der Waals surface area contributed by atoms with E-state index in [1.165, 1.54) is 5.56 Å². The molecule has 1 aromatic heterocycles. The number of aromatic nitrogens is 2. The normalized spacial score (nSPS) is 10.5. The van der Waals surface area contributed by atoms with Crippen molar-refractivity contribution in [2.75, 3.05) is 12.8 Å². The number of methoxy groups -OCH3 is 1. The van der Waals surface area contributed by atoms with Gasteiger partial charge in [-0.3, -0.25) is 0 Å². The molecule has 0 saturated heterocycles. The molecule has 3 aromatic rings. The molecule has 1 heterocycles. The number of nitrogens with two attached hydrogens (primary N) is 1. The Labute approximate surface area is 129 Å². The van der Waals surface area contributed by atoms with Gasteiger partial charge in [0.05, 0.1) is 18.5 Å². The van der Waals surface area contributed by atoms with E-state index in [2.05, 4.69) is 29.0 Å². The van der Waals surface area contributed by atoms with Crippen molar-refractivity contribution in [1.82, 2.24) is 9.97 Å². The first-order chi connectivity index (χ1) is 10.7. The molecule has 4 nitrogen and oxygen atoms in total. The predicted octanol–water partition coefficient (Wildman–Crippen LogP) is 3.71. The van der Waals surface area contributed by atoms with Gasteiger partial charge in [-0.15, -0.1) is 0 Å². The second kappa shape index (κ2) is 5.85. The first-order valence-corrected chi connectivity index (χ1v) is 7.02. The Morgan fingerprint density at radius 3 is 2.23 bits per heavy atom. The van der Waals surface area contributed by atoms with Crippen molar-refractivity contribution in [3.8, 4) is 28.3 Å². The van der Waals surface area contributed by atoms with E-state index < -0.39 is 0 Å². The highest BCUT2D eigenvalue weighted by molar-refractivity contribution is 5.70. The van der Waals surface area contributed by atoms with Crippen molar-refractivity contribution in [1.29, 1.82) is 0 Å². The summed E-state index contributed by atoms with van der Waals surface area (Å²) < 4.78 is 5.26. The minimum absolute atomic E-state index is 0.260. The number of nitrogen functional groups attached to an aromatic ring is 1. The van der Waals surface area contributed by atoms with Gasteiger partial charge in [0, 0.05) is 11.1 Å². The molecule has 0 amide bonds. The van der Waals surface area contributed by atoms with Crippen molar-refractivity contribution in [2.24, 2.45) is 0 Å². The van der Waals surface area contributed by atoms with E-state index in [0.717, 1.165) is 28.3 Å². The van der Waals surface area contributed by atoms with Crippen LogP contribution in [-0.2, 0) is 0 Å². The summed E-state index contributed by atoms with van der Waals surface area (Å²) in [7, 11) is 1.64. The molecule has 0 unspecified atom stereocenters. The third kappa shape index (κ3) is 2.91. The van der Waals surface area contributed by atoms with E-state index in [4.69, 9.17) is 10.5 Å². The van der Waals surface area contributed by atoms with Gasteiger partial charge in [0.2, 0.25) is 5.95 Å². The molecular weight excluding hydrogens is 274 g/mol. The summed E-state index contributed by atoms with van der Waals surface area (Å²) in [4.78, 5) is 8.67. The molecule has 0 radical (unpaired) electrons. The molecule has 3 rings (SSSR count). The van der Waals surface area contributed by atoms with Crippen LogP contribution in [0.4, 0.5) is 5.95 Å². The van der Waals surface area contributed by atoms with Crippen molar-refractivity contribution in [3.05, 3.63) is 60.2 Å². The summed E-state index contributed by atoms with van der Waals surface area (Å²) in [5, 5.41) is 0. The number of nitrogens with zero attached hydrogens (tertiary/aromatic N) is 2. The van der Waals surface area contributed by atoms with Gasteiger partial charge >= 0.3 is 0 Å². The Kier molecular flexibility index (Phi) is 3.74. The van der Waals surface area contributed by atoms with Gasteiger partial charge in [-0.05, 0) is 25.1 Å². The third-order valence-corrected chi connectivity index (χ3v) is 3.46.